The first-order valence-electron chi connectivity index (χ1n) is 3.04. The standard InChI is InChI=1S/C6H8O2/c7-5-2-1-4-3-6(5)8-4/h4,6H,1-3H2/t4-,6+/m1/s1. The van der Waals surface area contributed by atoms with E-state index < -0.39 is 0 Å². The Hall–Kier alpha value is -0.370. The van der Waals surface area contributed by atoms with E-state index in [1.54, 1.807) is 0 Å². The lowest BCUT2D eigenvalue weighted by Gasteiger charge is -2.39. The Labute approximate surface area is 47.8 Å². The Morgan fingerprint density at radius 1 is 1.62 bits per heavy atom. The van der Waals surface area contributed by atoms with Crippen LogP contribution in [0.3, 0.4) is 0 Å². The Kier molecular flexibility index (Phi) is 0.742. The van der Waals surface area contributed by atoms with E-state index in [4.69, 9.17) is 4.74 Å². The van der Waals surface area contributed by atoms with Crippen LogP contribution in [0.1, 0.15) is 19.3 Å². The minimum Gasteiger partial charge on any atom is -0.367 e. The summed E-state index contributed by atoms with van der Waals surface area (Å²) in [5.74, 6) is 0.313. The molecule has 0 radical (unpaired) electrons. The summed E-state index contributed by atoms with van der Waals surface area (Å²) in [4.78, 5) is 10.7. The molecule has 2 nitrogen and oxygen atoms in total. The first-order chi connectivity index (χ1) is 3.86. The average molecular weight is 112 g/mol. The molecule has 3 aliphatic rings. The Balaban J connectivity index is 2.10. The number of carbonyl (C=O) groups is 1. The molecule has 0 unspecified atom stereocenters. The second-order valence-electron chi connectivity index (χ2n) is 2.49. The number of hydrogen-bond acceptors (Lipinski definition) is 2. The number of carbonyl (C=O) groups excluding carboxylic acids is 1. The highest BCUT2D eigenvalue weighted by Crippen LogP contribution is 2.31. The summed E-state index contributed by atoms with van der Waals surface area (Å²) < 4.78 is 5.14. The third-order valence-corrected chi connectivity index (χ3v) is 1.91. The van der Waals surface area contributed by atoms with Gasteiger partial charge in [-0.2, -0.15) is 0 Å². The summed E-state index contributed by atoms with van der Waals surface area (Å²) in [5.41, 5.74) is 0. The maximum absolute atomic E-state index is 10.7. The van der Waals surface area contributed by atoms with Crippen molar-refractivity contribution in [2.75, 3.05) is 0 Å². The summed E-state index contributed by atoms with van der Waals surface area (Å²) in [6.07, 6.45) is 3.18. The van der Waals surface area contributed by atoms with Gasteiger partial charge in [-0.15, -0.1) is 0 Å². The van der Waals surface area contributed by atoms with Crippen LogP contribution in [-0.2, 0) is 9.53 Å². The molecule has 1 aliphatic carbocycles. The van der Waals surface area contributed by atoms with Crippen molar-refractivity contribution in [2.24, 2.45) is 0 Å². The molecule has 0 aromatic rings. The monoisotopic (exact) mass is 112 g/mol. The Morgan fingerprint density at radius 2 is 2.38 bits per heavy atom. The number of ketones is 1. The zero-order valence-corrected chi connectivity index (χ0v) is 4.59. The molecule has 0 amide bonds. The SMILES string of the molecule is O=C1CC[C@@H]2C[C@@H]1O2. The maximum atomic E-state index is 10.7. The van der Waals surface area contributed by atoms with Gasteiger partial charge in [0.1, 0.15) is 6.10 Å². The van der Waals surface area contributed by atoms with Gasteiger partial charge < -0.3 is 4.74 Å². The highest BCUT2D eigenvalue weighted by atomic mass is 16.5. The summed E-state index contributed by atoms with van der Waals surface area (Å²) >= 11 is 0. The predicted molar refractivity (Wildman–Crippen MR) is 27.5 cm³/mol. The van der Waals surface area contributed by atoms with Gasteiger partial charge in [-0.1, -0.05) is 0 Å². The number of fused-ring (bicyclic) bond motifs is 2. The molecule has 3 rings (SSSR count). The van der Waals surface area contributed by atoms with Gasteiger partial charge in [0.25, 0.3) is 0 Å². The summed E-state index contributed by atoms with van der Waals surface area (Å²) in [5, 5.41) is 0. The van der Waals surface area contributed by atoms with Gasteiger partial charge in [-0.25, -0.2) is 0 Å². The molecule has 0 aromatic carbocycles. The van der Waals surface area contributed by atoms with Crippen LogP contribution in [0.5, 0.6) is 0 Å². The van der Waals surface area contributed by atoms with Crippen LogP contribution < -0.4 is 0 Å². The fourth-order valence-corrected chi connectivity index (χ4v) is 1.32. The fraction of sp³-hybridized carbons (Fsp3) is 0.833. The van der Waals surface area contributed by atoms with Crippen molar-refractivity contribution in [3.8, 4) is 0 Å². The van der Waals surface area contributed by atoms with Crippen molar-refractivity contribution in [3.05, 3.63) is 0 Å². The predicted octanol–water partition coefficient (Wildman–Crippen LogP) is 0.507. The molecule has 2 saturated heterocycles. The van der Waals surface area contributed by atoms with Crippen LogP contribution in [0.15, 0.2) is 0 Å². The Morgan fingerprint density at radius 3 is 2.62 bits per heavy atom. The van der Waals surface area contributed by atoms with Gasteiger partial charge in [0, 0.05) is 12.8 Å². The fourth-order valence-electron chi connectivity index (χ4n) is 1.32. The van der Waals surface area contributed by atoms with E-state index in [2.05, 4.69) is 0 Å². The molecular formula is C6H8O2. The lowest BCUT2D eigenvalue weighted by molar-refractivity contribution is -0.175. The first-order valence-corrected chi connectivity index (χ1v) is 3.04. The second kappa shape index (κ2) is 1.32. The molecule has 0 aromatic heterocycles. The minimum absolute atomic E-state index is 0.00810. The van der Waals surface area contributed by atoms with Crippen LogP contribution in [-0.4, -0.2) is 18.0 Å². The van der Waals surface area contributed by atoms with Gasteiger partial charge in [0.2, 0.25) is 0 Å². The summed E-state index contributed by atoms with van der Waals surface area (Å²) in [7, 11) is 0. The van der Waals surface area contributed by atoms with Crippen LogP contribution in [0.25, 0.3) is 0 Å². The molecule has 1 saturated carbocycles. The molecule has 2 heterocycles. The van der Waals surface area contributed by atoms with E-state index in [0.29, 0.717) is 11.9 Å². The van der Waals surface area contributed by atoms with Crippen LogP contribution in [0.4, 0.5) is 0 Å². The number of hydrogen-bond donors (Lipinski definition) is 0. The highest BCUT2D eigenvalue weighted by molar-refractivity contribution is 5.85. The smallest absolute Gasteiger partial charge is 0.161 e. The van der Waals surface area contributed by atoms with Crippen LogP contribution in [0.2, 0.25) is 0 Å². The zero-order chi connectivity index (χ0) is 5.56. The van der Waals surface area contributed by atoms with Crippen LogP contribution >= 0.6 is 0 Å². The molecular weight excluding hydrogens is 104 g/mol. The van der Waals surface area contributed by atoms with E-state index in [9.17, 15) is 4.79 Å². The third kappa shape index (κ3) is 0.436. The van der Waals surface area contributed by atoms with E-state index in [-0.39, 0.29) is 6.10 Å². The van der Waals surface area contributed by atoms with Crippen molar-refractivity contribution >= 4 is 5.78 Å². The highest BCUT2D eigenvalue weighted by Gasteiger charge is 2.39. The molecule has 2 heteroatoms. The summed E-state index contributed by atoms with van der Waals surface area (Å²) in [6.45, 7) is 0. The van der Waals surface area contributed by atoms with Crippen molar-refractivity contribution in [1.29, 1.82) is 0 Å². The minimum atomic E-state index is 0.00810. The first kappa shape index (κ1) is 4.50. The van der Waals surface area contributed by atoms with Crippen molar-refractivity contribution in [1.82, 2.24) is 0 Å². The lowest BCUT2D eigenvalue weighted by Crippen LogP contribution is -2.47. The quantitative estimate of drug-likeness (QED) is 0.456. The molecule has 2 aliphatic heterocycles. The molecule has 2 atom stereocenters. The van der Waals surface area contributed by atoms with E-state index in [0.717, 1.165) is 19.3 Å². The van der Waals surface area contributed by atoms with Crippen molar-refractivity contribution in [2.45, 2.75) is 31.5 Å². The van der Waals surface area contributed by atoms with Gasteiger partial charge >= 0.3 is 0 Å². The largest absolute Gasteiger partial charge is 0.367 e. The third-order valence-electron chi connectivity index (χ3n) is 1.91. The molecule has 0 N–H and O–H groups in total. The van der Waals surface area contributed by atoms with Gasteiger partial charge in [0.15, 0.2) is 5.78 Å². The molecule has 0 spiro atoms. The average Bonchev–Trinajstić information content (AvgIpc) is 1.62. The number of ether oxygens (including phenoxy) is 1. The number of Topliss-reactive ketones (excluding diaryl/α,β-unsaturated/α-hetero) is 1. The normalized spacial score (nSPS) is 43.8. The van der Waals surface area contributed by atoms with Crippen LogP contribution in [0, 0.1) is 0 Å². The van der Waals surface area contributed by atoms with Gasteiger partial charge in [-0.05, 0) is 6.42 Å². The van der Waals surface area contributed by atoms with Gasteiger partial charge in [-0.3, -0.25) is 4.79 Å². The van der Waals surface area contributed by atoms with E-state index in [1.807, 2.05) is 0 Å². The second-order valence-corrected chi connectivity index (χ2v) is 2.49. The van der Waals surface area contributed by atoms with E-state index in [1.165, 1.54) is 0 Å². The topological polar surface area (TPSA) is 26.3 Å². The molecule has 3 fully saturated rings. The van der Waals surface area contributed by atoms with Crippen molar-refractivity contribution < 1.29 is 9.53 Å². The summed E-state index contributed by atoms with van der Waals surface area (Å²) in [6, 6.07) is 0. The molecule has 8 heavy (non-hydrogen) atoms. The zero-order valence-electron chi connectivity index (χ0n) is 4.59. The maximum Gasteiger partial charge on any atom is 0.161 e. The molecule has 2 bridgehead atoms. The number of rotatable bonds is 0. The lowest BCUT2D eigenvalue weighted by atomic mass is 9.88. The molecule has 44 valence electrons. The van der Waals surface area contributed by atoms with E-state index >= 15 is 0 Å². The van der Waals surface area contributed by atoms with Gasteiger partial charge in [0.05, 0.1) is 6.10 Å². The Bertz CT molecular complexity index is 122. The van der Waals surface area contributed by atoms with Crippen molar-refractivity contribution in [3.63, 3.8) is 0 Å².